The van der Waals surface area contributed by atoms with E-state index in [1.54, 1.807) is 0 Å². The first kappa shape index (κ1) is 16.6. The van der Waals surface area contributed by atoms with Crippen LogP contribution in [0.5, 0.6) is 0 Å². The zero-order chi connectivity index (χ0) is 15.5. The SMILES string of the molecule is CC(C)(C)OC(=O)N1CCCCC1CC1(O)CCCCC1. The molecule has 1 aliphatic carbocycles. The van der Waals surface area contributed by atoms with Crippen LogP contribution in [0.1, 0.15) is 78.6 Å². The van der Waals surface area contributed by atoms with E-state index >= 15 is 0 Å². The minimum absolute atomic E-state index is 0.136. The fourth-order valence-electron chi connectivity index (χ4n) is 3.63. The van der Waals surface area contributed by atoms with Gasteiger partial charge in [0.25, 0.3) is 0 Å². The fraction of sp³-hybridized carbons (Fsp3) is 0.941. The number of carbonyl (C=O) groups excluding carboxylic acids is 1. The molecule has 2 aliphatic rings. The Labute approximate surface area is 128 Å². The summed E-state index contributed by atoms with van der Waals surface area (Å²) < 4.78 is 5.53. The first-order chi connectivity index (χ1) is 9.79. The highest BCUT2D eigenvalue weighted by molar-refractivity contribution is 5.68. The van der Waals surface area contributed by atoms with Gasteiger partial charge in [0.1, 0.15) is 5.60 Å². The molecule has 2 fully saturated rings. The second-order valence-corrected chi connectivity index (χ2v) is 7.81. The third-order valence-corrected chi connectivity index (χ3v) is 4.65. The van der Waals surface area contributed by atoms with Gasteiger partial charge in [0, 0.05) is 12.6 Å². The molecular formula is C17H31NO3. The molecule has 0 radical (unpaired) electrons. The van der Waals surface area contributed by atoms with Crippen LogP contribution in [-0.2, 0) is 4.74 Å². The highest BCUT2D eigenvalue weighted by Crippen LogP contribution is 2.35. The van der Waals surface area contributed by atoms with Crippen LogP contribution in [0.4, 0.5) is 4.79 Å². The summed E-state index contributed by atoms with van der Waals surface area (Å²) >= 11 is 0. The Kier molecular flexibility index (Phi) is 5.18. The van der Waals surface area contributed by atoms with Crippen LogP contribution < -0.4 is 0 Å². The maximum absolute atomic E-state index is 12.4. The second-order valence-electron chi connectivity index (χ2n) is 7.81. The molecule has 21 heavy (non-hydrogen) atoms. The molecule has 1 N–H and O–H groups in total. The van der Waals surface area contributed by atoms with E-state index in [4.69, 9.17) is 4.74 Å². The van der Waals surface area contributed by atoms with Gasteiger partial charge >= 0.3 is 6.09 Å². The van der Waals surface area contributed by atoms with Gasteiger partial charge < -0.3 is 14.7 Å². The molecule has 4 heteroatoms. The number of aliphatic hydroxyl groups is 1. The van der Waals surface area contributed by atoms with Crippen molar-refractivity contribution in [3.05, 3.63) is 0 Å². The highest BCUT2D eigenvalue weighted by atomic mass is 16.6. The summed E-state index contributed by atoms with van der Waals surface area (Å²) in [6.07, 6.45) is 8.86. The lowest BCUT2D eigenvalue weighted by molar-refractivity contribution is -0.0399. The summed E-state index contributed by atoms with van der Waals surface area (Å²) in [4.78, 5) is 14.3. The molecule has 1 aliphatic heterocycles. The molecule has 0 aromatic rings. The molecule has 1 saturated heterocycles. The molecule has 122 valence electrons. The van der Waals surface area contributed by atoms with E-state index in [1.807, 2.05) is 25.7 Å². The Bertz CT molecular complexity index is 356. The third kappa shape index (κ3) is 4.87. The van der Waals surface area contributed by atoms with Crippen LogP contribution >= 0.6 is 0 Å². The number of ether oxygens (including phenoxy) is 1. The van der Waals surface area contributed by atoms with E-state index in [-0.39, 0.29) is 12.1 Å². The Balaban J connectivity index is 1.99. The maximum atomic E-state index is 12.4. The van der Waals surface area contributed by atoms with Crippen LogP contribution in [-0.4, -0.2) is 39.9 Å². The average molecular weight is 297 g/mol. The van der Waals surface area contributed by atoms with Crippen molar-refractivity contribution in [1.82, 2.24) is 4.90 Å². The van der Waals surface area contributed by atoms with Crippen molar-refractivity contribution in [3.63, 3.8) is 0 Å². The number of rotatable bonds is 2. The van der Waals surface area contributed by atoms with Crippen molar-refractivity contribution < 1.29 is 14.6 Å². The fourth-order valence-corrected chi connectivity index (χ4v) is 3.63. The van der Waals surface area contributed by atoms with Gasteiger partial charge in [0.05, 0.1) is 5.60 Å². The summed E-state index contributed by atoms with van der Waals surface area (Å²) in [5, 5.41) is 10.8. The monoisotopic (exact) mass is 297 g/mol. The average Bonchev–Trinajstić information content (AvgIpc) is 2.37. The molecule has 0 aromatic carbocycles. The zero-order valence-electron chi connectivity index (χ0n) is 13.9. The summed E-state index contributed by atoms with van der Waals surface area (Å²) in [6, 6.07) is 0.136. The summed E-state index contributed by atoms with van der Waals surface area (Å²) in [7, 11) is 0. The van der Waals surface area contributed by atoms with Gasteiger partial charge in [-0.1, -0.05) is 19.3 Å². The number of amides is 1. The summed E-state index contributed by atoms with van der Waals surface area (Å²) in [5.74, 6) is 0. The van der Waals surface area contributed by atoms with Gasteiger partial charge in [-0.3, -0.25) is 0 Å². The number of carbonyl (C=O) groups is 1. The lowest BCUT2D eigenvalue weighted by Gasteiger charge is -2.42. The van der Waals surface area contributed by atoms with Gasteiger partial charge in [0.15, 0.2) is 0 Å². The van der Waals surface area contributed by atoms with E-state index in [0.29, 0.717) is 6.42 Å². The Morgan fingerprint density at radius 1 is 1.19 bits per heavy atom. The van der Waals surface area contributed by atoms with Crippen LogP contribution in [0.3, 0.4) is 0 Å². The van der Waals surface area contributed by atoms with Gasteiger partial charge in [0.2, 0.25) is 0 Å². The number of nitrogens with zero attached hydrogens (tertiary/aromatic N) is 1. The summed E-state index contributed by atoms with van der Waals surface area (Å²) in [5.41, 5.74) is -1.03. The molecule has 1 heterocycles. The maximum Gasteiger partial charge on any atom is 0.410 e. The van der Waals surface area contributed by atoms with E-state index < -0.39 is 11.2 Å². The molecular weight excluding hydrogens is 266 g/mol. The molecule has 0 spiro atoms. The van der Waals surface area contributed by atoms with E-state index in [2.05, 4.69) is 0 Å². The van der Waals surface area contributed by atoms with Crippen LogP contribution in [0.25, 0.3) is 0 Å². The number of likely N-dealkylation sites (tertiary alicyclic amines) is 1. The number of hydrogen-bond acceptors (Lipinski definition) is 3. The first-order valence-corrected chi connectivity index (χ1v) is 8.51. The van der Waals surface area contributed by atoms with Crippen molar-refractivity contribution in [3.8, 4) is 0 Å². The third-order valence-electron chi connectivity index (χ3n) is 4.65. The normalized spacial score (nSPS) is 26.5. The molecule has 0 bridgehead atoms. The Morgan fingerprint density at radius 2 is 1.86 bits per heavy atom. The lowest BCUT2D eigenvalue weighted by atomic mass is 9.79. The van der Waals surface area contributed by atoms with Crippen LogP contribution in [0.2, 0.25) is 0 Å². The molecule has 4 nitrogen and oxygen atoms in total. The molecule has 1 unspecified atom stereocenters. The van der Waals surface area contributed by atoms with Gasteiger partial charge in [-0.05, 0) is 59.3 Å². The van der Waals surface area contributed by atoms with Crippen molar-refractivity contribution in [1.29, 1.82) is 0 Å². The van der Waals surface area contributed by atoms with E-state index in [0.717, 1.165) is 51.5 Å². The van der Waals surface area contributed by atoms with Gasteiger partial charge in [-0.15, -0.1) is 0 Å². The number of piperidine rings is 1. The topological polar surface area (TPSA) is 49.8 Å². The standard InChI is InChI=1S/C17H31NO3/c1-16(2,3)21-15(19)18-12-8-5-9-14(18)13-17(20)10-6-4-7-11-17/h14,20H,4-13H2,1-3H3. The predicted octanol–water partition coefficient (Wildman–Crippen LogP) is 3.86. The van der Waals surface area contributed by atoms with Crippen molar-refractivity contribution in [2.45, 2.75) is 95.8 Å². The lowest BCUT2D eigenvalue weighted by Crippen LogP contribution is -2.49. The largest absolute Gasteiger partial charge is 0.444 e. The number of hydrogen-bond donors (Lipinski definition) is 1. The molecule has 0 aromatic heterocycles. The van der Waals surface area contributed by atoms with Crippen molar-refractivity contribution in [2.24, 2.45) is 0 Å². The Morgan fingerprint density at radius 3 is 2.48 bits per heavy atom. The minimum atomic E-state index is -0.569. The first-order valence-electron chi connectivity index (χ1n) is 8.51. The minimum Gasteiger partial charge on any atom is -0.444 e. The van der Waals surface area contributed by atoms with Gasteiger partial charge in [-0.25, -0.2) is 4.79 Å². The predicted molar refractivity (Wildman–Crippen MR) is 83.2 cm³/mol. The van der Waals surface area contributed by atoms with Crippen LogP contribution in [0, 0.1) is 0 Å². The Hall–Kier alpha value is -0.770. The van der Waals surface area contributed by atoms with Gasteiger partial charge in [-0.2, -0.15) is 0 Å². The highest BCUT2D eigenvalue weighted by Gasteiger charge is 2.37. The van der Waals surface area contributed by atoms with Crippen molar-refractivity contribution in [2.75, 3.05) is 6.54 Å². The van der Waals surface area contributed by atoms with Crippen LogP contribution in [0.15, 0.2) is 0 Å². The smallest absolute Gasteiger partial charge is 0.410 e. The molecule has 1 amide bonds. The quantitative estimate of drug-likeness (QED) is 0.842. The molecule has 1 saturated carbocycles. The zero-order valence-corrected chi connectivity index (χ0v) is 13.9. The van der Waals surface area contributed by atoms with E-state index in [1.165, 1.54) is 6.42 Å². The van der Waals surface area contributed by atoms with E-state index in [9.17, 15) is 9.90 Å². The molecule has 2 rings (SSSR count). The second kappa shape index (κ2) is 6.55. The van der Waals surface area contributed by atoms with Crippen molar-refractivity contribution >= 4 is 6.09 Å². The summed E-state index contributed by atoms with van der Waals surface area (Å²) in [6.45, 7) is 6.46. The molecule has 1 atom stereocenters.